The van der Waals surface area contributed by atoms with Crippen LogP contribution in [0.15, 0.2) is 61.1 Å². The van der Waals surface area contributed by atoms with Crippen molar-refractivity contribution in [3.05, 3.63) is 78.0 Å². The molecule has 4 aromatic heterocycles. The Morgan fingerprint density at radius 2 is 1.88 bits per heavy atom. The van der Waals surface area contributed by atoms with Gasteiger partial charge in [-0.1, -0.05) is 24.3 Å². The number of likely N-dealkylation sites (tertiary alicyclic amines) is 1. The van der Waals surface area contributed by atoms with E-state index in [4.69, 9.17) is 25.5 Å². The Hall–Kier alpha value is -5.76. The van der Waals surface area contributed by atoms with Crippen molar-refractivity contribution in [1.82, 2.24) is 39.4 Å². The van der Waals surface area contributed by atoms with Crippen LogP contribution in [0.2, 0.25) is 0 Å². The van der Waals surface area contributed by atoms with Gasteiger partial charge in [0.25, 0.3) is 11.9 Å². The van der Waals surface area contributed by atoms with E-state index in [0.29, 0.717) is 39.7 Å². The number of hydrogen-bond acceptors (Lipinski definition) is 9. The number of anilines is 2. The molecule has 0 aliphatic carbocycles. The predicted molar refractivity (Wildman–Crippen MR) is 183 cm³/mol. The first-order valence-electron chi connectivity index (χ1n) is 15.6. The quantitative estimate of drug-likeness (QED) is 0.188. The predicted octanol–water partition coefficient (Wildman–Crippen LogP) is 4.79. The number of para-hydroxylation sites is 1. The van der Waals surface area contributed by atoms with E-state index < -0.39 is 5.97 Å². The third kappa shape index (κ3) is 6.42. The second-order valence-electron chi connectivity index (χ2n) is 11.8. The number of rotatable bonds is 7. The fourth-order valence-electron chi connectivity index (χ4n) is 6.18. The molecule has 1 saturated heterocycles. The van der Waals surface area contributed by atoms with Gasteiger partial charge in [0.05, 0.1) is 30.4 Å². The number of carboxylic acid groups (broad SMARTS) is 1. The molecule has 0 unspecified atom stereocenters. The maximum atomic E-state index is 13.3. The number of nitrogens with two attached hydrogens (primary N) is 1. The summed E-state index contributed by atoms with van der Waals surface area (Å²) in [5.41, 5.74) is 13.0. The fraction of sp³-hybridized carbons (Fsp3) is 0.294. The standard InChI is InChI=1S/C32H34N10O2.C2H4O2/c1-19-22(16-36-38-19)17-41-12-10-23(11-13-41)42-31-28(30(33)34-18-35-31)29(39-42)21-8-9-24(27(15-21)44-3)37-32(43)26-14-20-6-4-5-7-25(20)40(26)2;1-2(3)4/h4-9,14-16,18,23H,10-13,17H2,1-3H3,(H,36,38)(H,37,43)(H2,33,34,35);1H3,(H,3,4). The molecule has 0 bridgehead atoms. The zero-order valence-corrected chi connectivity index (χ0v) is 27.3. The second-order valence-corrected chi connectivity index (χ2v) is 11.8. The number of nitrogen functional groups attached to an aromatic ring is 1. The lowest BCUT2D eigenvalue weighted by molar-refractivity contribution is -0.134. The molecule has 0 radical (unpaired) electrons. The van der Waals surface area contributed by atoms with Crippen LogP contribution in [0, 0.1) is 6.92 Å². The van der Waals surface area contributed by atoms with Crippen molar-refractivity contribution in [3.8, 4) is 17.0 Å². The van der Waals surface area contributed by atoms with Gasteiger partial charge in [-0.3, -0.25) is 19.6 Å². The van der Waals surface area contributed by atoms with E-state index in [9.17, 15) is 4.79 Å². The first-order chi connectivity index (χ1) is 23.1. The normalized spacial score (nSPS) is 13.8. The number of nitrogens with one attached hydrogen (secondary N) is 2. The number of ether oxygens (including phenoxy) is 1. The van der Waals surface area contributed by atoms with Crippen molar-refractivity contribution in [2.24, 2.45) is 7.05 Å². The SMILES string of the molecule is CC(=O)O.COc1cc(-c2nn(C3CCN(Cc4cn[nH]c4C)CC3)c3ncnc(N)c23)ccc1NC(=O)c1cc2ccccc2n1C. The van der Waals surface area contributed by atoms with E-state index in [1.165, 1.54) is 11.9 Å². The average Bonchev–Trinajstić information content (AvgIpc) is 3.77. The first kappa shape index (κ1) is 32.2. The zero-order chi connectivity index (χ0) is 33.9. The van der Waals surface area contributed by atoms with Gasteiger partial charge in [-0.15, -0.1) is 0 Å². The van der Waals surface area contributed by atoms with Crippen molar-refractivity contribution in [2.45, 2.75) is 39.3 Å². The second kappa shape index (κ2) is 13.5. The van der Waals surface area contributed by atoms with Gasteiger partial charge in [0, 0.05) is 61.3 Å². The summed E-state index contributed by atoms with van der Waals surface area (Å²) in [4.78, 5) is 33.6. The minimum absolute atomic E-state index is 0.170. The van der Waals surface area contributed by atoms with E-state index in [-0.39, 0.29) is 11.9 Å². The maximum absolute atomic E-state index is 13.3. The number of hydrogen-bond donors (Lipinski definition) is 4. The molecule has 248 valence electrons. The van der Waals surface area contributed by atoms with Crippen LogP contribution in [0.4, 0.5) is 11.5 Å². The Morgan fingerprint density at radius 1 is 1.12 bits per heavy atom. The van der Waals surface area contributed by atoms with Crippen LogP contribution in [0.25, 0.3) is 33.2 Å². The number of fused-ring (bicyclic) bond motifs is 2. The van der Waals surface area contributed by atoms with E-state index in [1.807, 2.05) is 71.0 Å². The van der Waals surface area contributed by atoms with Crippen LogP contribution in [0.3, 0.4) is 0 Å². The topological polar surface area (TPSA) is 182 Å². The van der Waals surface area contributed by atoms with Crippen LogP contribution in [-0.4, -0.2) is 76.6 Å². The summed E-state index contributed by atoms with van der Waals surface area (Å²) in [5.74, 6) is -0.178. The number of carbonyl (C=O) groups excluding carboxylic acids is 1. The van der Waals surface area contributed by atoms with Gasteiger partial charge in [-0.25, -0.2) is 14.6 Å². The summed E-state index contributed by atoms with van der Waals surface area (Å²) < 4.78 is 9.62. The highest BCUT2D eigenvalue weighted by Crippen LogP contribution is 2.37. The fourth-order valence-corrected chi connectivity index (χ4v) is 6.18. The number of aromatic amines is 1. The van der Waals surface area contributed by atoms with Crippen LogP contribution < -0.4 is 15.8 Å². The lowest BCUT2D eigenvalue weighted by atomic mass is 10.0. The Morgan fingerprint density at radius 3 is 2.56 bits per heavy atom. The number of amides is 1. The number of H-pyrrole nitrogens is 1. The Balaban J connectivity index is 0.000000952. The van der Waals surface area contributed by atoms with Crippen LogP contribution in [-0.2, 0) is 18.4 Å². The van der Waals surface area contributed by atoms with Crippen LogP contribution in [0.5, 0.6) is 5.75 Å². The molecule has 2 aromatic carbocycles. The number of benzene rings is 2. The molecule has 14 heteroatoms. The molecular weight excluding hydrogens is 612 g/mol. The summed E-state index contributed by atoms with van der Waals surface area (Å²) in [6.07, 6.45) is 5.25. The molecule has 14 nitrogen and oxygen atoms in total. The molecule has 1 amide bonds. The van der Waals surface area contributed by atoms with E-state index in [1.54, 1.807) is 7.11 Å². The average molecular weight is 651 g/mol. The van der Waals surface area contributed by atoms with E-state index in [0.717, 1.165) is 61.6 Å². The summed E-state index contributed by atoms with van der Waals surface area (Å²) in [6.45, 7) is 5.88. The molecule has 0 spiro atoms. The van der Waals surface area contributed by atoms with Crippen molar-refractivity contribution in [1.29, 1.82) is 0 Å². The number of aromatic nitrogens is 7. The monoisotopic (exact) mass is 650 g/mol. The molecule has 1 fully saturated rings. The molecule has 7 rings (SSSR count). The molecule has 5 heterocycles. The third-order valence-electron chi connectivity index (χ3n) is 8.66. The third-order valence-corrected chi connectivity index (χ3v) is 8.66. The Labute approximate surface area is 276 Å². The number of piperidine rings is 1. The van der Waals surface area contributed by atoms with Crippen LogP contribution >= 0.6 is 0 Å². The minimum atomic E-state index is -0.833. The number of carboxylic acids is 1. The highest BCUT2D eigenvalue weighted by atomic mass is 16.5. The van der Waals surface area contributed by atoms with Gasteiger partial charge in [-0.2, -0.15) is 10.2 Å². The molecule has 0 atom stereocenters. The van der Waals surface area contributed by atoms with Crippen LogP contribution in [0.1, 0.15) is 47.6 Å². The van der Waals surface area contributed by atoms with Crippen molar-refractivity contribution in [2.75, 3.05) is 31.2 Å². The smallest absolute Gasteiger partial charge is 0.300 e. The summed E-state index contributed by atoms with van der Waals surface area (Å²) in [7, 11) is 3.47. The highest BCUT2D eigenvalue weighted by molar-refractivity contribution is 6.07. The Bertz CT molecular complexity index is 2100. The van der Waals surface area contributed by atoms with Gasteiger partial charge < -0.3 is 25.5 Å². The molecular formula is C34H38N10O4. The largest absolute Gasteiger partial charge is 0.495 e. The highest BCUT2D eigenvalue weighted by Gasteiger charge is 2.27. The van der Waals surface area contributed by atoms with Gasteiger partial charge in [0.15, 0.2) is 5.65 Å². The zero-order valence-electron chi connectivity index (χ0n) is 27.3. The molecule has 1 aliphatic heterocycles. The number of nitrogens with zero attached hydrogens (tertiary/aromatic N) is 7. The number of methoxy groups -OCH3 is 1. The molecule has 5 N–H and O–H groups in total. The Kier molecular flexibility index (Phi) is 9.08. The number of aryl methyl sites for hydroxylation is 2. The summed E-state index contributed by atoms with van der Waals surface area (Å²) in [5, 5.41) is 24.4. The maximum Gasteiger partial charge on any atom is 0.300 e. The number of aliphatic carboxylic acids is 1. The summed E-state index contributed by atoms with van der Waals surface area (Å²) >= 11 is 0. The van der Waals surface area contributed by atoms with Gasteiger partial charge in [0.2, 0.25) is 0 Å². The molecule has 48 heavy (non-hydrogen) atoms. The van der Waals surface area contributed by atoms with Crippen molar-refractivity contribution >= 4 is 45.3 Å². The van der Waals surface area contributed by atoms with Crippen molar-refractivity contribution < 1.29 is 19.4 Å². The molecule has 1 aliphatic rings. The lowest BCUT2D eigenvalue weighted by Crippen LogP contribution is -2.34. The van der Waals surface area contributed by atoms with Crippen molar-refractivity contribution in [3.63, 3.8) is 0 Å². The lowest BCUT2D eigenvalue weighted by Gasteiger charge is -2.32. The summed E-state index contributed by atoms with van der Waals surface area (Å²) in [6, 6.07) is 15.6. The first-order valence-corrected chi connectivity index (χ1v) is 15.6. The van der Waals surface area contributed by atoms with E-state index >= 15 is 0 Å². The number of carbonyl (C=O) groups is 2. The molecule has 6 aromatic rings. The van der Waals surface area contributed by atoms with Gasteiger partial charge in [-0.05, 0) is 44.0 Å². The van der Waals surface area contributed by atoms with Gasteiger partial charge >= 0.3 is 0 Å². The van der Waals surface area contributed by atoms with E-state index in [2.05, 4.69) is 37.3 Å². The molecule has 0 saturated carbocycles. The van der Waals surface area contributed by atoms with Gasteiger partial charge in [0.1, 0.15) is 29.3 Å². The minimum Gasteiger partial charge on any atom is -0.495 e.